The Morgan fingerprint density at radius 3 is 1.33 bits per heavy atom. The van der Waals surface area contributed by atoms with Gasteiger partial charge in [0.25, 0.3) is 0 Å². The molecule has 0 N–H and O–H groups in total. The monoisotopic (exact) mass is 549 g/mol. The van der Waals surface area contributed by atoms with E-state index in [-0.39, 0.29) is 0 Å². The van der Waals surface area contributed by atoms with E-state index in [1.807, 2.05) is 42.7 Å². The number of hydrogen-bond acceptors (Lipinski definition) is 3. The van der Waals surface area contributed by atoms with Gasteiger partial charge in [0.2, 0.25) is 0 Å². The third kappa shape index (κ3) is 4.34. The minimum absolute atomic E-state index is 0.885. The number of para-hydroxylation sites is 2. The van der Waals surface area contributed by atoms with E-state index in [9.17, 15) is 0 Å². The van der Waals surface area contributed by atoms with Crippen molar-refractivity contribution in [3.8, 4) is 44.8 Å². The smallest absolute Gasteiger partial charge is 0.0973 e. The molecule has 0 atom stereocenters. The molecule has 0 aliphatic heterocycles. The molecule has 3 nitrogen and oxygen atoms in total. The molecule has 8 aromatic rings. The van der Waals surface area contributed by atoms with Crippen molar-refractivity contribution in [1.82, 2.24) is 15.0 Å². The van der Waals surface area contributed by atoms with Crippen molar-refractivity contribution in [2.24, 2.45) is 0 Å². The lowest BCUT2D eigenvalue weighted by molar-refractivity contribution is 1.29. The quantitative estimate of drug-likeness (QED) is 0.205. The van der Waals surface area contributed by atoms with Crippen molar-refractivity contribution in [3.63, 3.8) is 0 Å². The van der Waals surface area contributed by atoms with Gasteiger partial charge < -0.3 is 0 Å². The molecule has 0 radical (unpaired) electrons. The van der Waals surface area contributed by atoms with E-state index in [1.54, 1.807) is 0 Å². The van der Waals surface area contributed by atoms with Crippen LogP contribution in [0.25, 0.3) is 77.3 Å². The fourth-order valence-corrected chi connectivity index (χ4v) is 6.17. The molecule has 6 aromatic carbocycles. The minimum Gasteiger partial charge on any atom is -0.264 e. The highest BCUT2D eigenvalue weighted by atomic mass is 14.8. The zero-order valence-corrected chi connectivity index (χ0v) is 23.7. The molecule has 0 unspecified atom stereocenters. The van der Waals surface area contributed by atoms with Crippen LogP contribution in [0.5, 0.6) is 0 Å². The highest BCUT2D eigenvalue weighted by Gasteiger charge is 2.18. The van der Waals surface area contributed by atoms with Gasteiger partial charge in [0, 0.05) is 29.1 Å². The van der Waals surface area contributed by atoms with Crippen molar-refractivity contribution in [1.29, 1.82) is 0 Å². The second-order valence-electron chi connectivity index (χ2n) is 10.9. The zero-order chi connectivity index (χ0) is 28.8. The molecule has 0 amide bonds. The summed E-state index contributed by atoms with van der Waals surface area (Å²) in [5.74, 6) is 0. The summed E-state index contributed by atoms with van der Waals surface area (Å²) in [5.41, 5.74) is 11.6. The molecular formula is C40H27N3. The Morgan fingerprint density at radius 2 is 0.837 bits per heavy atom. The first-order valence-electron chi connectivity index (χ1n) is 14.5. The standard InChI is InChI=1S/C40H27N3/c1-26-16-18-28(19-17-26)39-40(43-36-15-7-6-14-35(36)42-39)29-22-20-27(21-23-29)37-31-10-2-4-12-33(31)38(30-9-8-24-41-25-30)34-13-5-3-11-32(34)37/h2-25H,1H3. The van der Waals surface area contributed by atoms with Crippen LogP contribution in [0.2, 0.25) is 0 Å². The zero-order valence-electron chi connectivity index (χ0n) is 23.7. The van der Waals surface area contributed by atoms with Crippen LogP contribution >= 0.6 is 0 Å². The predicted molar refractivity (Wildman–Crippen MR) is 179 cm³/mol. The fraction of sp³-hybridized carbons (Fsp3) is 0.0250. The molecular weight excluding hydrogens is 522 g/mol. The van der Waals surface area contributed by atoms with Gasteiger partial charge in [-0.1, -0.05) is 121 Å². The van der Waals surface area contributed by atoms with Crippen LogP contribution in [0.3, 0.4) is 0 Å². The summed E-state index contributed by atoms with van der Waals surface area (Å²) in [6, 6.07) is 47.0. The van der Waals surface area contributed by atoms with Gasteiger partial charge in [-0.05, 0) is 63.4 Å². The maximum Gasteiger partial charge on any atom is 0.0973 e. The third-order valence-electron chi connectivity index (χ3n) is 8.22. The van der Waals surface area contributed by atoms with Crippen LogP contribution < -0.4 is 0 Å². The molecule has 0 aliphatic carbocycles. The van der Waals surface area contributed by atoms with E-state index >= 15 is 0 Å². The predicted octanol–water partition coefficient (Wildman–Crippen LogP) is 10.3. The summed E-state index contributed by atoms with van der Waals surface area (Å²) < 4.78 is 0. The molecule has 2 aromatic heterocycles. The number of rotatable bonds is 4. The van der Waals surface area contributed by atoms with Crippen molar-refractivity contribution in [2.75, 3.05) is 0 Å². The van der Waals surface area contributed by atoms with Gasteiger partial charge >= 0.3 is 0 Å². The molecule has 3 heteroatoms. The number of aryl methyl sites for hydroxylation is 1. The van der Waals surface area contributed by atoms with E-state index in [4.69, 9.17) is 9.97 Å². The summed E-state index contributed by atoms with van der Waals surface area (Å²) in [6.45, 7) is 2.10. The second kappa shape index (κ2) is 10.3. The first-order valence-corrected chi connectivity index (χ1v) is 14.5. The first kappa shape index (κ1) is 25.1. The Kier molecular flexibility index (Phi) is 6.01. The normalized spacial score (nSPS) is 11.4. The molecule has 0 fully saturated rings. The van der Waals surface area contributed by atoms with Crippen LogP contribution in [0, 0.1) is 6.92 Å². The van der Waals surface area contributed by atoms with E-state index in [2.05, 4.69) is 115 Å². The maximum atomic E-state index is 5.12. The molecule has 43 heavy (non-hydrogen) atoms. The second-order valence-corrected chi connectivity index (χ2v) is 10.9. The van der Waals surface area contributed by atoms with Gasteiger partial charge in [0.05, 0.1) is 22.4 Å². The first-order chi connectivity index (χ1) is 21.2. The van der Waals surface area contributed by atoms with Gasteiger partial charge in [-0.15, -0.1) is 0 Å². The number of pyridine rings is 1. The Balaban J connectivity index is 1.33. The lowest BCUT2D eigenvalue weighted by atomic mass is 9.86. The molecule has 8 rings (SSSR count). The average Bonchev–Trinajstić information content (AvgIpc) is 3.07. The number of fused-ring (bicyclic) bond motifs is 3. The molecule has 0 spiro atoms. The van der Waals surface area contributed by atoms with Crippen LogP contribution in [0.15, 0.2) is 146 Å². The Hall–Kier alpha value is -5.67. The SMILES string of the molecule is Cc1ccc(-c2nc3ccccc3nc2-c2ccc(-c3c4ccccc4c(-c4cccnc4)c4ccccc34)cc2)cc1. The van der Waals surface area contributed by atoms with Gasteiger partial charge in [-0.25, -0.2) is 9.97 Å². The molecule has 202 valence electrons. The van der Waals surface area contributed by atoms with Crippen LogP contribution in [0.4, 0.5) is 0 Å². The summed E-state index contributed by atoms with van der Waals surface area (Å²) in [4.78, 5) is 14.6. The average molecular weight is 550 g/mol. The van der Waals surface area contributed by atoms with Gasteiger partial charge in [-0.2, -0.15) is 0 Å². The lowest BCUT2D eigenvalue weighted by Crippen LogP contribution is -1.96. The van der Waals surface area contributed by atoms with Crippen LogP contribution in [0.1, 0.15) is 5.56 Å². The molecule has 0 saturated heterocycles. The van der Waals surface area contributed by atoms with Gasteiger partial charge in [0.15, 0.2) is 0 Å². The van der Waals surface area contributed by atoms with Gasteiger partial charge in [-0.3, -0.25) is 4.98 Å². The third-order valence-corrected chi connectivity index (χ3v) is 8.22. The van der Waals surface area contributed by atoms with Crippen molar-refractivity contribution in [2.45, 2.75) is 6.92 Å². The largest absolute Gasteiger partial charge is 0.264 e. The summed E-state index contributed by atoms with van der Waals surface area (Å²) in [7, 11) is 0. The van der Waals surface area contributed by atoms with Crippen molar-refractivity contribution >= 4 is 32.6 Å². The van der Waals surface area contributed by atoms with E-state index < -0.39 is 0 Å². The maximum absolute atomic E-state index is 5.12. The van der Waals surface area contributed by atoms with Crippen LogP contribution in [-0.4, -0.2) is 15.0 Å². The lowest BCUT2D eigenvalue weighted by Gasteiger charge is -2.18. The number of benzene rings is 6. The Morgan fingerprint density at radius 1 is 0.395 bits per heavy atom. The Bertz CT molecular complexity index is 2210. The summed E-state index contributed by atoms with van der Waals surface area (Å²) in [5, 5.41) is 4.88. The van der Waals surface area contributed by atoms with E-state index in [1.165, 1.54) is 43.8 Å². The minimum atomic E-state index is 0.885. The topological polar surface area (TPSA) is 38.7 Å². The van der Waals surface area contributed by atoms with E-state index in [0.29, 0.717) is 0 Å². The van der Waals surface area contributed by atoms with Crippen molar-refractivity contribution in [3.05, 3.63) is 151 Å². The molecule has 0 saturated carbocycles. The highest BCUT2D eigenvalue weighted by Crippen LogP contribution is 2.43. The Labute approximate surface area is 250 Å². The molecule has 2 heterocycles. The highest BCUT2D eigenvalue weighted by molar-refractivity contribution is 6.21. The molecule has 0 bridgehead atoms. The number of hydrogen-bond donors (Lipinski definition) is 0. The fourth-order valence-electron chi connectivity index (χ4n) is 6.17. The van der Waals surface area contributed by atoms with Crippen molar-refractivity contribution < 1.29 is 0 Å². The number of nitrogens with zero attached hydrogens (tertiary/aromatic N) is 3. The van der Waals surface area contributed by atoms with E-state index in [0.717, 1.165) is 39.1 Å². The van der Waals surface area contributed by atoms with Gasteiger partial charge in [0.1, 0.15) is 0 Å². The number of aromatic nitrogens is 3. The van der Waals surface area contributed by atoms with Crippen LogP contribution in [-0.2, 0) is 0 Å². The summed E-state index contributed by atoms with van der Waals surface area (Å²) in [6.07, 6.45) is 3.78. The summed E-state index contributed by atoms with van der Waals surface area (Å²) >= 11 is 0. The molecule has 0 aliphatic rings.